The van der Waals surface area contributed by atoms with Gasteiger partial charge in [0.1, 0.15) is 11.4 Å². The highest BCUT2D eigenvalue weighted by atomic mass is 35.5. The molecular weight excluding hydrogens is 288 g/mol. The molecule has 1 aromatic heterocycles. The number of carbonyl (C=O) groups is 1. The Bertz CT molecular complexity index is 657. The van der Waals surface area contributed by atoms with E-state index in [2.05, 4.69) is 25.9 Å². The fourth-order valence-corrected chi connectivity index (χ4v) is 2.53. The van der Waals surface area contributed by atoms with Gasteiger partial charge in [0.2, 0.25) is 5.78 Å². The van der Waals surface area contributed by atoms with Crippen molar-refractivity contribution in [3.8, 4) is 5.75 Å². The van der Waals surface area contributed by atoms with Crippen molar-refractivity contribution in [1.29, 1.82) is 0 Å². The summed E-state index contributed by atoms with van der Waals surface area (Å²) in [6, 6.07) is 7.29. The lowest BCUT2D eigenvalue weighted by Gasteiger charge is -2.22. The van der Waals surface area contributed by atoms with Crippen molar-refractivity contribution < 1.29 is 9.53 Å². The Labute approximate surface area is 129 Å². The first-order valence-corrected chi connectivity index (χ1v) is 7.11. The molecule has 0 aliphatic rings. The van der Waals surface area contributed by atoms with E-state index in [4.69, 9.17) is 16.3 Å². The van der Waals surface area contributed by atoms with E-state index in [9.17, 15) is 4.79 Å². The maximum absolute atomic E-state index is 12.1. The van der Waals surface area contributed by atoms with Crippen LogP contribution in [0.4, 0.5) is 0 Å². The standard InChI is InChI=1S/C16H19ClN2O2/c1-16(2,3)11-6-5-7-14(15(11)17)21-10-13(20)12-8-9-18-19(12)4/h5-9H,10H2,1-4H3. The minimum absolute atomic E-state index is 0.0626. The molecule has 2 rings (SSSR count). The van der Waals surface area contributed by atoms with Crippen molar-refractivity contribution in [2.45, 2.75) is 26.2 Å². The number of aromatic nitrogens is 2. The summed E-state index contributed by atoms with van der Waals surface area (Å²) in [6.45, 7) is 6.18. The monoisotopic (exact) mass is 306 g/mol. The van der Waals surface area contributed by atoms with Crippen LogP contribution in [0.1, 0.15) is 36.8 Å². The largest absolute Gasteiger partial charge is 0.484 e. The van der Waals surface area contributed by atoms with Gasteiger partial charge in [-0.3, -0.25) is 9.48 Å². The van der Waals surface area contributed by atoms with Gasteiger partial charge in [-0.2, -0.15) is 5.10 Å². The quantitative estimate of drug-likeness (QED) is 0.810. The van der Waals surface area contributed by atoms with E-state index in [1.807, 2.05) is 12.1 Å². The van der Waals surface area contributed by atoms with Crippen molar-refractivity contribution in [2.24, 2.45) is 7.05 Å². The van der Waals surface area contributed by atoms with Gasteiger partial charge in [-0.25, -0.2) is 0 Å². The minimum Gasteiger partial charge on any atom is -0.484 e. The first-order chi connectivity index (χ1) is 9.80. The molecule has 0 aliphatic heterocycles. The van der Waals surface area contributed by atoms with Crippen LogP contribution in [0.5, 0.6) is 5.75 Å². The third-order valence-electron chi connectivity index (χ3n) is 3.24. The van der Waals surface area contributed by atoms with E-state index in [0.29, 0.717) is 16.5 Å². The number of hydrogen-bond donors (Lipinski definition) is 0. The smallest absolute Gasteiger partial charge is 0.218 e. The summed E-state index contributed by atoms with van der Waals surface area (Å²) in [4.78, 5) is 12.1. The molecule has 0 saturated carbocycles. The van der Waals surface area contributed by atoms with Crippen molar-refractivity contribution in [1.82, 2.24) is 9.78 Å². The van der Waals surface area contributed by atoms with Gasteiger partial charge in [0.25, 0.3) is 0 Å². The van der Waals surface area contributed by atoms with Crippen molar-refractivity contribution in [3.63, 3.8) is 0 Å². The Morgan fingerprint density at radius 3 is 2.62 bits per heavy atom. The molecule has 0 amide bonds. The molecule has 112 valence electrons. The summed E-state index contributed by atoms with van der Waals surface area (Å²) in [5.74, 6) is 0.395. The van der Waals surface area contributed by atoms with Crippen LogP contribution in [-0.2, 0) is 12.5 Å². The highest BCUT2D eigenvalue weighted by Gasteiger charge is 2.20. The summed E-state index contributed by atoms with van der Waals surface area (Å²) >= 11 is 6.38. The topological polar surface area (TPSA) is 44.1 Å². The lowest BCUT2D eigenvalue weighted by atomic mass is 9.87. The fourth-order valence-electron chi connectivity index (χ4n) is 2.07. The summed E-state index contributed by atoms with van der Waals surface area (Å²) in [5.41, 5.74) is 1.43. The predicted octanol–water partition coefficient (Wildman–Crippen LogP) is 3.63. The Balaban J connectivity index is 2.14. The Morgan fingerprint density at radius 2 is 2.05 bits per heavy atom. The Hall–Kier alpha value is -1.81. The number of hydrogen-bond acceptors (Lipinski definition) is 3. The molecular formula is C16H19ClN2O2. The van der Waals surface area contributed by atoms with Gasteiger partial charge in [0.05, 0.1) is 5.02 Å². The van der Waals surface area contributed by atoms with E-state index in [1.165, 1.54) is 4.68 Å². The Morgan fingerprint density at radius 1 is 1.33 bits per heavy atom. The maximum atomic E-state index is 12.1. The molecule has 4 nitrogen and oxygen atoms in total. The van der Waals surface area contributed by atoms with Crippen LogP contribution in [0.3, 0.4) is 0 Å². The summed E-state index contributed by atoms with van der Waals surface area (Å²) in [6.07, 6.45) is 1.58. The molecule has 0 spiro atoms. The van der Waals surface area contributed by atoms with E-state index in [-0.39, 0.29) is 17.8 Å². The van der Waals surface area contributed by atoms with Crippen molar-refractivity contribution in [3.05, 3.63) is 46.7 Å². The van der Waals surface area contributed by atoms with Gasteiger partial charge in [-0.15, -0.1) is 0 Å². The lowest BCUT2D eigenvalue weighted by Crippen LogP contribution is -2.16. The highest BCUT2D eigenvalue weighted by molar-refractivity contribution is 6.33. The van der Waals surface area contributed by atoms with Gasteiger partial charge in [-0.05, 0) is 23.1 Å². The molecule has 0 bridgehead atoms. The fraction of sp³-hybridized carbons (Fsp3) is 0.375. The molecule has 0 unspecified atom stereocenters. The van der Waals surface area contributed by atoms with Crippen LogP contribution in [0, 0.1) is 0 Å². The second-order valence-corrected chi connectivity index (χ2v) is 6.30. The van der Waals surface area contributed by atoms with Crippen LogP contribution in [-0.4, -0.2) is 22.2 Å². The number of benzene rings is 1. The molecule has 1 heterocycles. The van der Waals surface area contributed by atoms with E-state index in [0.717, 1.165) is 5.56 Å². The zero-order chi connectivity index (χ0) is 15.6. The number of ether oxygens (including phenoxy) is 1. The lowest BCUT2D eigenvalue weighted by molar-refractivity contribution is 0.0912. The van der Waals surface area contributed by atoms with Gasteiger partial charge in [0, 0.05) is 13.2 Å². The summed E-state index contributed by atoms with van der Waals surface area (Å²) in [5, 5.41) is 4.53. The molecule has 0 fully saturated rings. The van der Waals surface area contributed by atoms with Crippen LogP contribution in [0.15, 0.2) is 30.5 Å². The zero-order valence-corrected chi connectivity index (χ0v) is 13.4. The normalized spacial score (nSPS) is 11.5. The van der Waals surface area contributed by atoms with Crippen LogP contribution >= 0.6 is 11.6 Å². The van der Waals surface area contributed by atoms with Crippen molar-refractivity contribution >= 4 is 17.4 Å². The molecule has 0 aliphatic carbocycles. The number of Topliss-reactive ketones (excluding diaryl/α,β-unsaturated/α-hetero) is 1. The van der Waals surface area contributed by atoms with Gasteiger partial charge in [0.15, 0.2) is 6.61 Å². The maximum Gasteiger partial charge on any atom is 0.218 e. The van der Waals surface area contributed by atoms with E-state index in [1.54, 1.807) is 25.4 Å². The molecule has 5 heteroatoms. The van der Waals surface area contributed by atoms with Crippen LogP contribution in [0.2, 0.25) is 5.02 Å². The third-order valence-corrected chi connectivity index (χ3v) is 3.63. The number of rotatable bonds is 4. The van der Waals surface area contributed by atoms with E-state index < -0.39 is 0 Å². The number of halogens is 1. The molecule has 21 heavy (non-hydrogen) atoms. The van der Waals surface area contributed by atoms with Gasteiger partial charge in [-0.1, -0.05) is 44.5 Å². The second-order valence-electron chi connectivity index (χ2n) is 5.92. The number of nitrogens with zero attached hydrogens (tertiary/aromatic N) is 2. The average molecular weight is 307 g/mol. The molecule has 0 radical (unpaired) electrons. The summed E-state index contributed by atoms with van der Waals surface area (Å²) < 4.78 is 7.12. The van der Waals surface area contributed by atoms with Crippen LogP contribution in [0.25, 0.3) is 0 Å². The number of ketones is 1. The highest BCUT2D eigenvalue weighted by Crippen LogP contribution is 2.35. The molecule has 0 N–H and O–H groups in total. The molecule has 0 saturated heterocycles. The van der Waals surface area contributed by atoms with Gasteiger partial charge < -0.3 is 4.74 Å². The first kappa shape index (κ1) is 15.6. The third kappa shape index (κ3) is 3.45. The molecule has 1 aromatic carbocycles. The van der Waals surface area contributed by atoms with Crippen LogP contribution < -0.4 is 4.74 Å². The minimum atomic E-state index is -0.132. The van der Waals surface area contributed by atoms with Crippen molar-refractivity contribution in [2.75, 3.05) is 6.61 Å². The molecule has 0 atom stereocenters. The number of carbonyl (C=O) groups excluding carboxylic acids is 1. The predicted molar refractivity (Wildman–Crippen MR) is 83.2 cm³/mol. The average Bonchev–Trinajstić information content (AvgIpc) is 2.82. The number of aryl methyl sites for hydroxylation is 1. The zero-order valence-electron chi connectivity index (χ0n) is 12.7. The SMILES string of the molecule is Cn1nccc1C(=O)COc1cccc(C(C)(C)C)c1Cl. The first-order valence-electron chi connectivity index (χ1n) is 6.73. The second kappa shape index (κ2) is 5.90. The molecule has 2 aromatic rings. The van der Waals surface area contributed by atoms with Gasteiger partial charge >= 0.3 is 0 Å². The van der Waals surface area contributed by atoms with E-state index >= 15 is 0 Å². The Kier molecular flexibility index (Phi) is 4.37. The summed E-state index contributed by atoms with van der Waals surface area (Å²) in [7, 11) is 1.72.